The smallest absolute Gasteiger partial charge is 0.342 e. The average Bonchev–Trinajstić information content (AvgIpc) is 2.59. The fraction of sp³-hybridized carbons (Fsp3) is 0.333. The molecule has 0 radical (unpaired) electrons. The second-order valence-corrected chi connectivity index (χ2v) is 3.84. The lowest BCUT2D eigenvalue weighted by Gasteiger charge is -2.11. The predicted octanol–water partition coefficient (Wildman–Crippen LogP) is -0.248. The molecule has 3 N–H and O–H groups in total. The monoisotopic (exact) mass is 237 g/mol. The summed E-state index contributed by atoms with van der Waals surface area (Å²) in [5.74, 6) is -1.15. The molecule has 2 heterocycles. The Morgan fingerprint density at radius 3 is 2.71 bits per heavy atom. The predicted molar refractivity (Wildman–Crippen MR) is 59.0 cm³/mol. The van der Waals surface area contributed by atoms with Crippen LogP contribution in [0.2, 0.25) is 0 Å². The molecule has 90 valence electrons. The fourth-order valence-electron chi connectivity index (χ4n) is 1.52. The molecule has 0 aliphatic heterocycles. The van der Waals surface area contributed by atoms with E-state index in [1.54, 1.807) is 0 Å². The van der Waals surface area contributed by atoms with Gasteiger partial charge in [-0.05, 0) is 13.8 Å². The highest BCUT2D eigenvalue weighted by atomic mass is 16.4. The molecule has 0 spiro atoms. The maximum Gasteiger partial charge on any atom is 0.342 e. The summed E-state index contributed by atoms with van der Waals surface area (Å²) < 4.78 is 2.44. The second-order valence-electron chi connectivity index (χ2n) is 3.84. The summed E-state index contributed by atoms with van der Waals surface area (Å²) in [4.78, 5) is 26.6. The first-order chi connectivity index (χ1) is 7.91. The Hall–Kier alpha value is -2.38. The molecule has 0 aromatic carbocycles. The van der Waals surface area contributed by atoms with Gasteiger partial charge in [0.15, 0.2) is 0 Å². The van der Waals surface area contributed by atoms with Gasteiger partial charge in [-0.1, -0.05) is 0 Å². The number of hydrogen-bond donors (Lipinski definition) is 2. The minimum atomic E-state index is -1.31. The van der Waals surface area contributed by atoms with Crippen LogP contribution in [0.3, 0.4) is 0 Å². The van der Waals surface area contributed by atoms with Crippen molar-refractivity contribution in [2.75, 3.05) is 5.73 Å². The van der Waals surface area contributed by atoms with Crippen LogP contribution >= 0.6 is 0 Å². The molecular weight excluding hydrogens is 226 g/mol. The molecule has 0 aliphatic rings. The SMILES string of the molecule is CC(C)n1cc(C(=O)O)c(=O)n2nc(N)nc12. The molecule has 2 rings (SSSR count). The largest absolute Gasteiger partial charge is 0.477 e. The van der Waals surface area contributed by atoms with E-state index in [1.165, 1.54) is 10.8 Å². The van der Waals surface area contributed by atoms with Gasteiger partial charge in [-0.25, -0.2) is 4.79 Å². The number of anilines is 1. The molecule has 0 atom stereocenters. The lowest BCUT2D eigenvalue weighted by atomic mass is 10.3. The Kier molecular flexibility index (Phi) is 2.34. The van der Waals surface area contributed by atoms with Crippen molar-refractivity contribution in [2.45, 2.75) is 19.9 Å². The molecule has 0 fully saturated rings. The Morgan fingerprint density at radius 2 is 2.18 bits per heavy atom. The molecule has 0 saturated carbocycles. The third kappa shape index (κ3) is 1.63. The molecule has 0 bridgehead atoms. The van der Waals surface area contributed by atoms with Gasteiger partial charge in [-0.3, -0.25) is 4.79 Å². The molecule has 17 heavy (non-hydrogen) atoms. The number of nitrogens with two attached hydrogens (primary N) is 1. The second kappa shape index (κ2) is 3.58. The van der Waals surface area contributed by atoms with Crippen LogP contribution < -0.4 is 11.3 Å². The molecule has 0 amide bonds. The quantitative estimate of drug-likeness (QED) is 0.744. The Morgan fingerprint density at radius 1 is 1.53 bits per heavy atom. The number of fused-ring (bicyclic) bond motifs is 1. The molecule has 8 heteroatoms. The zero-order valence-electron chi connectivity index (χ0n) is 9.28. The van der Waals surface area contributed by atoms with Crippen LogP contribution in [0.25, 0.3) is 5.78 Å². The van der Waals surface area contributed by atoms with Crippen molar-refractivity contribution in [2.24, 2.45) is 0 Å². The highest BCUT2D eigenvalue weighted by Crippen LogP contribution is 2.10. The Balaban J connectivity index is 2.94. The van der Waals surface area contributed by atoms with E-state index in [-0.39, 0.29) is 23.3 Å². The first kappa shape index (κ1) is 11.1. The van der Waals surface area contributed by atoms with E-state index in [4.69, 9.17) is 10.8 Å². The first-order valence-corrected chi connectivity index (χ1v) is 4.92. The highest BCUT2D eigenvalue weighted by Gasteiger charge is 2.18. The number of aromatic nitrogens is 4. The Labute approximate surface area is 95.3 Å². The van der Waals surface area contributed by atoms with E-state index in [1.807, 2.05) is 13.8 Å². The molecule has 0 saturated heterocycles. The number of carbonyl (C=O) groups is 1. The van der Waals surface area contributed by atoms with Crippen LogP contribution in [0, 0.1) is 0 Å². The molecular formula is C9H11N5O3. The van der Waals surface area contributed by atoms with Crippen LogP contribution in [0.5, 0.6) is 0 Å². The van der Waals surface area contributed by atoms with Crippen molar-refractivity contribution < 1.29 is 9.90 Å². The third-order valence-electron chi connectivity index (χ3n) is 2.32. The van der Waals surface area contributed by atoms with Gasteiger partial charge in [0.05, 0.1) is 0 Å². The number of carboxylic acid groups (broad SMARTS) is 1. The molecule has 2 aromatic heterocycles. The summed E-state index contributed by atoms with van der Waals surface area (Å²) in [5.41, 5.74) is 4.31. The van der Waals surface area contributed by atoms with Gasteiger partial charge < -0.3 is 15.4 Å². The van der Waals surface area contributed by atoms with Crippen molar-refractivity contribution in [3.63, 3.8) is 0 Å². The summed E-state index contributed by atoms with van der Waals surface area (Å²) >= 11 is 0. The highest BCUT2D eigenvalue weighted by molar-refractivity contribution is 5.87. The topological polar surface area (TPSA) is 116 Å². The minimum Gasteiger partial charge on any atom is -0.477 e. The number of aromatic carboxylic acids is 1. The van der Waals surface area contributed by atoms with Gasteiger partial charge in [0.2, 0.25) is 11.7 Å². The summed E-state index contributed by atoms with van der Waals surface area (Å²) in [6.45, 7) is 3.67. The molecule has 0 unspecified atom stereocenters. The van der Waals surface area contributed by atoms with E-state index in [0.717, 1.165) is 4.52 Å². The van der Waals surface area contributed by atoms with E-state index in [9.17, 15) is 9.59 Å². The van der Waals surface area contributed by atoms with Crippen LogP contribution in [-0.2, 0) is 0 Å². The lowest BCUT2D eigenvalue weighted by Crippen LogP contribution is -2.26. The van der Waals surface area contributed by atoms with Gasteiger partial charge in [0.1, 0.15) is 5.56 Å². The Bertz CT molecular complexity index is 654. The molecule has 8 nitrogen and oxygen atoms in total. The average molecular weight is 237 g/mol. The van der Waals surface area contributed by atoms with Crippen molar-refractivity contribution in [3.05, 3.63) is 22.1 Å². The van der Waals surface area contributed by atoms with E-state index < -0.39 is 11.5 Å². The van der Waals surface area contributed by atoms with E-state index in [0.29, 0.717) is 0 Å². The maximum absolute atomic E-state index is 11.8. The van der Waals surface area contributed by atoms with Gasteiger partial charge >= 0.3 is 5.97 Å². The zero-order valence-corrected chi connectivity index (χ0v) is 9.28. The number of carboxylic acids is 1. The van der Waals surface area contributed by atoms with Crippen molar-refractivity contribution in [1.29, 1.82) is 0 Å². The summed E-state index contributed by atoms with van der Waals surface area (Å²) in [7, 11) is 0. The van der Waals surface area contributed by atoms with Gasteiger partial charge in [-0.2, -0.15) is 9.50 Å². The zero-order chi connectivity index (χ0) is 12.7. The summed E-state index contributed by atoms with van der Waals surface area (Å²) in [6, 6.07) is -0.0696. The fourth-order valence-corrected chi connectivity index (χ4v) is 1.52. The first-order valence-electron chi connectivity index (χ1n) is 4.92. The summed E-state index contributed by atoms with van der Waals surface area (Å²) in [5, 5.41) is 12.6. The number of nitrogen functional groups attached to an aromatic ring is 1. The summed E-state index contributed by atoms with van der Waals surface area (Å²) in [6.07, 6.45) is 1.25. The van der Waals surface area contributed by atoms with Gasteiger partial charge in [0.25, 0.3) is 5.56 Å². The normalized spacial score (nSPS) is 11.2. The van der Waals surface area contributed by atoms with Crippen LogP contribution in [0.15, 0.2) is 11.0 Å². The number of nitrogens with zero attached hydrogens (tertiary/aromatic N) is 4. The molecule has 2 aromatic rings. The van der Waals surface area contributed by atoms with Crippen LogP contribution in [0.4, 0.5) is 5.95 Å². The maximum atomic E-state index is 11.8. The minimum absolute atomic E-state index is 0.0696. The lowest BCUT2D eigenvalue weighted by molar-refractivity contribution is 0.0693. The van der Waals surface area contributed by atoms with E-state index >= 15 is 0 Å². The van der Waals surface area contributed by atoms with Crippen LogP contribution in [-0.4, -0.2) is 30.2 Å². The number of hydrogen-bond acceptors (Lipinski definition) is 5. The van der Waals surface area contributed by atoms with Gasteiger partial charge in [0, 0.05) is 12.2 Å². The molecule has 0 aliphatic carbocycles. The van der Waals surface area contributed by atoms with Gasteiger partial charge in [-0.15, -0.1) is 5.10 Å². The standard InChI is InChI=1S/C9H11N5O3/c1-4(2)13-3-5(7(16)17)6(15)14-9(13)11-8(10)12-14/h3-4H,1-2H3,(H2,10,12)(H,16,17). The van der Waals surface area contributed by atoms with Crippen molar-refractivity contribution in [3.8, 4) is 0 Å². The third-order valence-corrected chi connectivity index (χ3v) is 2.32. The van der Waals surface area contributed by atoms with Crippen molar-refractivity contribution in [1.82, 2.24) is 19.2 Å². The number of rotatable bonds is 2. The van der Waals surface area contributed by atoms with E-state index in [2.05, 4.69) is 10.1 Å². The van der Waals surface area contributed by atoms with Crippen molar-refractivity contribution >= 4 is 17.7 Å². The van der Waals surface area contributed by atoms with Crippen LogP contribution in [0.1, 0.15) is 30.2 Å².